The maximum Gasteiger partial charge on any atom is 0.271 e. The molecule has 9 heteroatoms. The Morgan fingerprint density at radius 1 is 1.11 bits per heavy atom. The summed E-state index contributed by atoms with van der Waals surface area (Å²) in [5, 5.41) is 10.9. The third-order valence-corrected chi connectivity index (χ3v) is 5.88. The van der Waals surface area contributed by atoms with Gasteiger partial charge in [0.1, 0.15) is 0 Å². The molecule has 1 aliphatic heterocycles. The van der Waals surface area contributed by atoms with E-state index in [1.807, 2.05) is 0 Å². The molecule has 3 rings (SSSR count). The van der Waals surface area contributed by atoms with E-state index in [1.54, 1.807) is 24.8 Å². The number of benzene rings is 2. The summed E-state index contributed by atoms with van der Waals surface area (Å²) in [7, 11) is -3.93. The summed E-state index contributed by atoms with van der Waals surface area (Å²) in [6.07, 6.45) is 1.28. The van der Waals surface area contributed by atoms with E-state index in [0.29, 0.717) is 29.8 Å². The minimum atomic E-state index is -3.93. The molecule has 1 amide bonds. The SMILES string of the molecule is Cc1ccc([N+](=O)[O-])cc1NS(=O)(=O)c1ccc(N2CCCC2=O)c(C)c1. The molecule has 0 aliphatic carbocycles. The quantitative estimate of drug-likeness (QED) is 0.624. The van der Waals surface area contributed by atoms with Gasteiger partial charge >= 0.3 is 0 Å². The zero-order valence-electron chi connectivity index (χ0n) is 14.9. The highest BCUT2D eigenvalue weighted by molar-refractivity contribution is 7.92. The number of hydrogen-bond acceptors (Lipinski definition) is 5. The molecule has 8 nitrogen and oxygen atoms in total. The van der Waals surface area contributed by atoms with Crippen molar-refractivity contribution in [1.29, 1.82) is 0 Å². The van der Waals surface area contributed by atoms with E-state index < -0.39 is 14.9 Å². The van der Waals surface area contributed by atoms with E-state index in [2.05, 4.69) is 4.72 Å². The second-order valence-electron chi connectivity index (χ2n) is 6.46. The predicted molar refractivity (Wildman–Crippen MR) is 101 cm³/mol. The molecule has 0 atom stereocenters. The van der Waals surface area contributed by atoms with Gasteiger partial charge in [0, 0.05) is 30.8 Å². The normalized spacial score (nSPS) is 14.4. The van der Waals surface area contributed by atoms with Gasteiger partial charge in [-0.3, -0.25) is 19.6 Å². The first kappa shape index (κ1) is 18.8. The van der Waals surface area contributed by atoms with Gasteiger partial charge < -0.3 is 4.90 Å². The molecule has 0 bridgehead atoms. The lowest BCUT2D eigenvalue weighted by molar-refractivity contribution is -0.384. The number of amides is 1. The number of nitrogens with zero attached hydrogens (tertiary/aromatic N) is 2. The summed E-state index contributed by atoms with van der Waals surface area (Å²) in [5.41, 5.74) is 1.89. The molecule has 0 unspecified atom stereocenters. The maximum atomic E-state index is 12.7. The van der Waals surface area contributed by atoms with Crippen molar-refractivity contribution in [2.75, 3.05) is 16.2 Å². The highest BCUT2D eigenvalue weighted by atomic mass is 32.2. The van der Waals surface area contributed by atoms with E-state index in [1.165, 1.54) is 30.3 Å². The van der Waals surface area contributed by atoms with Gasteiger partial charge in [0.2, 0.25) is 5.91 Å². The van der Waals surface area contributed by atoms with E-state index in [4.69, 9.17) is 0 Å². The highest BCUT2D eigenvalue weighted by Crippen LogP contribution is 2.29. The Hall–Kier alpha value is -2.94. The van der Waals surface area contributed by atoms with Crippen LogP contribution >= 0.6 is 0 Å². The van der Waals surface area contributed by atoms with Gasteiger partial charge in [0.25, 0.3) is 15.7 Å². The molecule has 0 radical (unpaired) electrons. The number of nitro groups is 1. The van der Waals surface area contributed by atoms with Crippen molar-refractivity contribution in [3.63, 3.8) is 0 Å². The number of carbonyl (C=O) groups is 1. The molecular weight excluding hydrogens is 370 g/mol. The summed E-state index contributed by atoms with van der Waals surface area (Å²) >= 11 is 0. The number of sulfonamides is 1. The van der Waals surface area contributed by atoms with Crippen molar-refractivity contribution in [1.82, 2.24) is 0 Å². The van der Waals surface area contributed by atoms with Crippen molar-refractivity contribution in [2.45, 2.75) is 31.6 Å². The molecule has 1 aliphatic rings. The second-order valence-corrected chi connectivity index (χ2v) is 8.14. The minimum Gasteiger partial charge on any atom is -0.312 e. The number of nitro benzene ring substituents is 1. The fraction of sp³-hybridized carbons (Fsp3) is 0.278. The average molecular weight is 389 g/mol. The molecule has 142 valence electrons. The van der Waals surface area contributed by atoms with Gasteiger partial charge in [-0.2, -0.15) is 0 Å². The van der Waals surface area contributed by atoms with Crippen LogP contribution in [0.1, 0.15) is 24.0 Å². The fourth-order valence-electron chi connectivity index (χ4n) is 3.04. The number of non-ortho nitro benzene ring substituents is 1. The van der Waals surface area contributed by atoms with Crippen LogP contribution in [0.25, 0.3) is 0 Å². The van der Waals surface area contributed by atoms with Crippen molar-refractivity contribution in [2.24, 2.45) is 0 Å². The summed E-state index contributed by atoms with van der Waals surface area (Å²) in [5.74, 6) is 0.0269. The first-order valence-electron chi connectivity index (χ1n) is 8.38. The Morgan fingerprint density at radius 2 is 1.85 bits per heavy atom. The summed E-state index contributed by atoms with van der Waals surface area (Å²) < 4.78 is 27.9. The lowest BCUT2D eigenvalue weighted by Crippen LogP contribution is -2.24. The van der Waals surface area contributed by atoms with Crippen LogP contribution in [0.3, 0.4) is 0 Å². The lowest BCUT2D eigenvalue weighted by Gasteiger charge is -2.19. The fourth-order valence-corrected chi connectivity index (χ4v) is 4.24. The number of carbonyl (C=O) groups excluding carboxylic acids is 1. The van der Waals surface area contributed by atoms with Crippen LogP contribution in [0.4, 0.5) is 17.1 Å². The molecule has 1 N–H and O–H groups in total. The number of hydrogen-bond donors (Lipinski definition) is 1. The third kappa shape index (κ3) is 3.77. The zero-order chi connectivity index (χ0) is 19.8. The van der Waals surface area contributed by atoms with Gasteiger partial charge in [-0.15, -0.1) is 0 Å². The number of rotatable bonds is 5. The van der Waals surface area contributed by atoms with E-state index >= 15 is 0 Å². The lowest BCUT2D eigenvalue weighted by atomic mass is 10.2. The number of nitrogens with one attached hydrogen (secondary N) is 1. The zero-order valence-corrected chi connectivity index (χ0v) is 15.7. The first-order chi connectivity index (χ1) is 12.7. The molecule has 27 heavy (non-hydrogen) atoms. The standard InChI is InChI=1S/C18H19N3O5S/c1-12-5-6-14(21(23)24)11-16(12)19-27(25,26)15-7-8-17(13(2)10-15)20-9-3-4-18(20)22/h5-8,10-11,19H,3-4,9H2,1-2H3. The predicted octanol–water partition coefficient (Wildman–Crippen LogP) is 3.14. The smallest absolute Gasteiger partial charge is 0.271 e. The van der Waals surface area contributed by atoms with Crippen molar-refractivity contribution >= 4 is 33.0 Å². The Balaban J connectivity index is 1.92. The van der Waals surface area contributed by atoms with E-state index in [0.717, 1.165) is 6.42 Å². The van der Waals surface area contributed by atoms with Crippen LogP contribution in [0, 0.1) is 24.0 Å². The maximum absolute atomic E-state index is 12.7. The summed E-state index contributed by atoms with van der Waals surface area (Å²) in [6, 6.07) is 8.55. The van der Waals surface area contributed by atoms with Gasteiger partial charge in [-0.1, -0.05) is 6.07 Å². The average Bonchev–Trinajstić information content (AvgIpc) is 3.02. The molecule has 0 aromatic heterocycles. The van der Waals surface area contributed by atoms with Gasteiger partial charge in [-0.25, -0.2) is 8.42 Å². The van der Waals surface area contributed by atoms with Crippen LogP contribution in [0.2, 0.25) is 0 Å². The molecule has 1 fully saturated rings. The molecule has 0 saturated carbocycles. The Morgan fingerprint density at radius 3 is 2.44 bits per heavy atom. The van der Waals surface area contributed by atoms with Crippen LogP contribution in [-0.4, -0.2) is 25.8 Å². The minimum absolute atomic E-state index is 0.0269. The van der Waals surface area contributed by atoms with Crippen LogP contribution in [0.15, 0.2) is 41.3 Å². The van der Waals surface area contributed by atoms with Gasteiger partial charge in [0.15, 0.2) is 0 Å². The first-order valence-corrected chi connectivity index (χ1v) is 9.86. The van der Waals surface area contributed by atoms with E-state index in [9.17, 15) is 23.3 Å². The van der Waals surface area contributed by atoms with Crippen molar-refractivity contribution in [3.05, 3.63) is 57.6 Å². The molecule has 2 aromatic rings. The van der Waals surface area contributed by atoms with Gasteiger partial charge in [-0.05, 0) is 49.6 Å². The Kier molecular flexibility index (Phi) is 4.88. The molecule has 2 aromatic carbocycles. The van der Waals surface area contributed by atoms with Crippen molar-refractivity contribution < 1.29 is 18.1 Å². The second kappa shape index (κ2) is 6.99. The summed E-state index contributed by atoms with van der Waals surface area (Å²) in [6.45, 7) is 4.03. The molecule has 0 spiro atoms. The summed E-state index contributed by atoms with van der Waals surface area (Å²) in [4.78, 5) is 24.0. The van der Waals surface area contributed by atoms with Gasteiger partial charge in [0.05, 0.1) is 15.5 Å². The van der Waals surface area contributed by atoms with Crippen molar-refractivity contribution in [3.8, 4) is 0 Å². The number of anilines is 2. The topological polar surface area (TPSA) is 110 Å². The Bertz CT molecular complexity index is 1030. The third-order valence-electron chi connectivity index (χ3n) is 4.52. The van der Waals surface area contributed by atoms with Crippen LogP contribution < -0.4 is 9.62 Å². The van der Waals surface area contributed by atoms with Crippen LogP contribution in [0.5, 0.6) is 0 Å². The largest absolute Gasteiger partial charge is 0.312 e. The van der Waals surface area contributed by atoms with Crippen LogP contribution in [-0.2, 0) is 14.8 Å². The Labute approximate surface area is 157 Å². The molecule has 1 heterocycles. The monoisotopic (exact) mass is 389 g/mol. The molecular formula is C18H19N3O5S. The number of aryl methyl sites for hydroxylation is 2. The highest BCUT2D eigenvalue weighted by Gasteiger charge is 2.24. The molecule has 1 saturated heterocycles. The van der Waals surface area contributed by atoms with E-state index in [-0.39, 0.29) is 22.2 Å².